The second-order valence-electron chi connectivity index (χ2n) is 5.21. The Morgan fingerprint density at radius 2 is 1.63 bits per heavy atom. The molecule has 1 fully saturated rings. The maximum absolute atomic E-state index is 9.31. The summed E-state index contributed by atoms with van der Waals surface area (Å²) in [4.78, 5) is 0. The van der Waals surface area contributed by atoms with E-state index in [9.17, 15) is 5.11 Å². The Labute approximate surface area is 117 Å². The van der Waals surface area contributed by atoms with Crippen molar-refractivity contribution in [2.75, 3.05) is 26.4 Å². The molecule has 1 saturated heterocycles. The van der Waals surface area contributed by atoms with Crippen LogP contribution in [0.3, 0.4) is 0 Å². The number of hydrogen-bond acceptors (Lipinski definition) is 4. The predicted molar refractivity (Wildman–Crippen MR) is 75.4 cm³/mol. The lowest BCUT2D eigenvalue weighted by Crippen LogP contribution is -2.37. The molecule has 3 atom stereocenters. The molecule has 4 nitrogen and oxygen atoms in total. The van der Waals surface area contributed by atoms with E-state index in [0.717, 1.165) is 26.1 Å². The summed E-state index contributed by atoms with van der Waals surface area (Å²) in [5.41, 5.74) is 0. The van der Waals surface area contributed by atoms with E-state index in [2.05, 4.69) is 13.8 Å². The minimum atomic E-state index is -0.224. The van der Waals surface area contributed by atoms with Crippen LogP contribution >= 0.6 is 0 Å². The van der Waals surface area contributed by atoms with Gasteiger partial charge in [-0.3, -0.25) is 0 Å². The first kappa shape index (κ1) is 16.9. The molecule has 1 rings (SSSR count). The zero-order valence-electron chi connectivity index (χ0n) is 12.5. The molecule has 1 N–H and O–H groups in total. The Morgan fingerprint density at radius 3 is 2.21 bits per heavy atom. The Hall–Kier alpha value is -0.160. The van der Waals surface area contributed by atoms with Gasteiger partial charge in [-0.25, -0.2) is 0 Å². The highest BCUT2D eigenvalue weighted by atomic mass is 16.6. The molecule has 0 aliphatic carbocycles. The summed E-state index contributed by atoms with van der Waals surface area (Å²) in [5, 5.41) is 9.31. The van der Waals surface area contributed by atoms with Crippen molar-refractivity contribution in [3.8, 4) is 0 Å². The summed E-state index contributed by atoms with van der Waals surface area (Å²) in [6.45, 7) is 6.39. The molecule has 0 unspecified atom stereocenters. The SMILES string of the molecule is CCCCCO[C@H]1[C@@H](OCCCCC)CO[C@@H]1CO. The zero-order valence-corrected chi connectivity index (χ0v) is 12.5. The van der Waals surface area contributed by atoms with Crippen molar-refractivity contribution < 1.29 is 19.3 Å². The molecule has 0 aromatic carbocycles. The van der Waals surface area contributed by atoms with Crippen LogP contribution in [-0.2, 0) is 14.2 Å². The molecule has 0 bridgehead atoms. The monoisotopic (exact) mass is 274 g/mol. The van der Waals surface area contributed by atoms with Crippen LogP contribution in [-0.4, -0.2) is 49.8 Å². The first-order valence-electron chi connectivity index (χ1n) is 7.79. The highest BCUT2D eigenvalue weighted by molar-refractivity contribution is 4.85. The third kappa shape index (κ3) is 6.21. The Bertz CT molecular complexity index is 210. The smallest absolute Gasteiger partial charge is 0.114 e. The Morgan fingerprint density at radius 1 is 1.00 bits per heavy atom. The van der Waals surface area contributed by atoms with E-state index in [0.29, 0.717) is 6.61 Å². The van der Waals surface area contributed by atoms with Gasteiger partial charge >= 0.3 is 0 Å². The lowest BCUT2D eigenvalue weighted by atomic mass is 10.1. The van der Waals surface area contributed by atoms with Crippen molar-refractivity contribution in [1.82, 2.24) is 0 Å². The summed E-state index contributed by atoms with van der Waals surface area (Å²) in [6, 6.07) is 0. The van der Waals surface area contributed by atoms with Crippen LogP contribution in [0.2, 0.25) is 0 Å². The molecular formula is C15H30O4. The van der Waals surface area contributed by atoms with Gasteiger partial charge in [0.05, 0.1) is 13.2 Å². The second-order valence-corrected chi connectivity index (χ2v) is 5.21. The number of aliphatic hydroxyl groups excluding tert-OH is 1. The molecule has 0 aromatic rings. The fourth-order valence-corrected chi connectivity index (χ4v) is 2.32. The molecule has 1 aliphatic heterocycles. The van der Waals surface area contributed by atoms with Crippen molar-refractivity contribution in [3.63, 3.8) is 0 Å². The number of unbranched alkanes of at least 4 members (excludes halogenated alkanes) is 4. The van der Waals surface area contributed by atoms with Crippen LogP contribution in [0, 0.1) is 0 Å². The third-order valence-corrected chi connectivity index (χ3v) is 3.53. The van der Waals surface area contributed by atoms with Gasteiger partial charge in [-0.1, -0.05) is 39.5 Å². The van der Waals surface area contributed by atoms with Gasteiger partial charge in [0.25, 0.3) is 0 Å². The van der Waals surface area contributed by atoms with Crippen molar-refractivity contribution in [3.05, 3.63) is 0 Å². The quantitative estimate of drug-likeness (QED) is 0.588. The lowest BCUT2D eigenvalue weighted by Gasteiger charge is -2.22. The predicted octanol–water partition coefficient (Wildman–Crippen LogP) is 2.53. The van der Waals surface area contributed by atoms with Gasteiger partial charge < -0.3 is 19.3 Å². The highest BCUT2D eigenvalue weighted by Gasteiger charge is 2.38. The topological polar surface area (TPSA) is 47.9 Å². The van der Waals surface area contributed by atoms with E-state index in [1.54, 1.807) is 0 Å². The minimum absolute atomic E-state index is 0.00721. The average Bonchev–Trinajstić information content (AvgIpc) is 2.82. The highest BCUT2D eigenvalue weighted by Crippen LogP contribution is 2.21. The van der Waals surface area contributed by atoms with Gasteiger partial charge in [0.15, 0.2) is 0 Å². The molecule has 1 aliphatic rings. The standard InChI is InChI=1S/C15H30O4/c1-3-5-7-9-17-14-12-19-13(11-16)15(14)18-10-8-6-4-2/h13-16H,3-12H2,1-2H3/t13-,14+,15-/m1/s1. The maximum atomic E-state index is 9.31. The van der Waals surface area contributed by atoms with Gasteiger partial charge in [0.1, 0.15) is 18.3 Å². The number of aliphatic hydroxyl groups is 1. The Balaban J connectivity index is 2.27. The first-order chi connectivity index (χ1) is 9.33. The molecule has 0 aromatic heterocycles. The molecule has 19 heavy (non-hydrogen) atoms. The molecule has 0 amide bonds. The van der Waals surface area contributed by atoms with Crippen LogP contribution in [0.5, 0.6) is 0 Å². The summed E-state index contributed by atoms with van der Waals surface area (Å²) in [7, 11) is 0. The van der Waals surface area contributed by atoms with Gasteiger partial charge in [-0.2, -0.15) is 0 Å². The lowest BCUT2D eigenvalue weighted by molar-refractivity contribution is -0.0718. The maximum Gasteiger partial charge on any atom is 0.114 e. The van der Waals surface area contributed by atoms with Crippen molar-refractivity contribution in [2.24, 2.45) is 0 Å². The van der Waals surface area contributed by atoms with E-state index in [1.807, 2.05) is 0 Å². The summed E-state index contributed by atoms with van der Waals surface area (Å²) < 4.78 is 17.3. The number of ether oxygens (including phenoxy) is 3. The fraction of sp³-hybridized carbons (Fsp3) is 1.00. The molecule has 114 valence electrons. The van der Waals surface area contributed by atoms with E-state index in [4.69, 9.17) is 14.2 Å². The van der Waals surface area contributed by atoms with Crippen LogP contribution in [0.1, 0.15) is 52.4 Å². The van der Waals surface area contributed by atoms with Gasteiger partial charge in [0, 0.05) is 13.2 Å². The van der Waals surface area contributed by atoms with E-state index >= 15 is 0 Å². The van der Waals surface area contributed by atoms with Gasteiger partial charge in [-0.05, 0) is 12.8 Å². The minimum Gasteiger partial charge on any atom is -0.394 e. The summed E-state index contributed by atoms with van der Waals surface area (Å²) in [5.74, 6) is 0. The van der Waals surface area contributed by atoms with E-state index in [1.165, 1.54) is 25.7 Å². The molecular weight excluding hydrogens is 244 g/mol. The third-order valence-electron chi connectivity index (χ3n) is 3.53. The second kappa shape index (κ2) is 10.6. The molecule has 0 spiro atoms. The number of rotatable bonds is 11. The van der Waals surface area contributed by atoms with Gasteiger partial charge in [0.2, 0.25) is 0 Å². The largest absolute Gasteiger partial charge is 0.394 e. The summed E-state index contributed by atoms with van der Waals surface area (Å²) >= 11 is 0. The van der Waals surface area contributed by atoms with E-state index < -0.39 is 0 Å². The van der Waals surface area contributed by atoms with E-state index in [-0.39, 0.29) is 24.9 Å². The van der Waals surface area contributed by atoms with Crippen molar-refractivity contribution >= 4 is 0 Å². The average molecular weight is 274 g/mol. The molecule has 0 radical (unpaired) electrons. The van der Waals surface area contributed by atoms with Crippen LogP contribution < -0.4 is 0 Å². The molecule has 4 heteroatoms. The Kier molecular flexibility index (Phi) is 9.43. The number of hydrogen-bond donors (Lipinski definition) is 1. The first-order valence-corrected chi connectivity index (χ1v) is 7.79. The normalized spacial score (nSPS) is 27.0. The fourth-order valence-electron chi connectivity index (χ4n) is 2.32. The van der Waals surface area contributed by atoms with Crippen molar-refractivity contribution in [2.45, 2.75) is 70.7 Å². The van der Waals surface area contributed by atoms with Crippen LogP contribution in [0.25, 0.3) is 0 Å². The van der Waals surface area contributed by atoms with Crippen LogP contribution in [0.4, 0.5) is 0 Å². The van der Waals surface area contributed by atoms with Crippen molar-refractivity contribution in [1.29, 1.82) is 0 Å². The van der Waals surface area contributed by atoms with Crippen LogP contribution in [0.15, 0.2) is 0 Å². The molecule has 0 saturated carbocycles. The van der Waals surface area contributed by atoms with Gasteiger partial charge in [-0.15, -0.1) is 0 Å². The summed E-state index contributed by atoms with van der Waals surface area (Å²) in [6.07, 6.45) is 6.55. The zero-order chi connectivity index (χ0) is 13.9. The molecule has 1 heterocycles.